The summed E-state index contributed by atoms with van der Waals surface area (Å²) in [6.07, 6.45) is 2.58. The fraction of sp³-hybridized carbons (Fsp3) is 0.625. The van der Waals surface area contributed by atoms with Gasteiger partial charge in [0, 0.05) is 19.6 Å². The van der Waals surface area contributed by atoms with E-state index in [1.807, 2.05) is 36.9 Å². The van der Waals surface area contributed by atoms with Gasteiger partial charge in [-0.25, -0.2) is 0 Å². The summed E-state index contributed by atoms with van der Waals surface area (Å²) in [6, 6.07) is 8.74. The highest BCUT2D eigenvalue weighted by atomic mass is 16.2. The molecular formula is C24H36N4O3. The summed E-state index contributed by atoms with van der Waals surface area (Å²) in [5, 5.41) is 5.80. The molecule has 2 saturated heterocycles. The third kappa shape index (κ3) is 5.26. The number of likely N-dealkylation sites (N-methyl/N-ethyl adjacent to an activating group) is 1. The third-order valence-corrected chi connectivity index (χ3v) is 6.71. The highest BCUT2D eigenvalue weighted by molar-refractivity contribution is 5.94. The van der Waals surface area contributed by atoms with Crippen LogP contribution in [-0.4, -0.2) is 72.3 Å². The first-order valence-corrected chi connectivity index (χ1v) is 11.4. The molecule has 0 saturated carbocycles. The first-order chi connectivity index (χ1) is 14.8. The normalized spacial score (nSPS) is 22.9. The van der Waals surface area contributed by atoms with E-state index in [2.05, 4.69) is 22.8 Å². The molecule has 0 spiro atoms. The maximum atomic E-state index is 13.4. The second kappa shape index (κ2) is 10.3. The van der Waals surface area contributed by atoms with E-state index in [1.165, 1.54) is 5.56 Å². The molecule has 31 heavy (non-hydrogen) atoms. The molecule has 0 aromatic heterocycles. The number of hydrogen-bond acceptors (Lipinski definition) is 4. The summed E-state index contributed by atoms with van der Waals surface area (Å²) in [7, 11) is 1.71. The van der Waals surface area contributed by atoms with Gasteiger partial charge in [0.25, 0.3) is 0 Å². The Bertz CT molecular complexity index is 782. The van der Waals surface area contributed by atoms with Crippen molar-refractivity contribution in [1.29, 1.82) is 0 Å². The monoisotopic (exact) mass is 428 g/mol. The molecule has 7 heteroatoms. The lowest BCUT2D eigenvalue weighted by atomic mass is 9.90. The molecule has 1 aromatic carbocycles. The summed E-state index contributed by atoms with van der Waals surface area (Å²) in [4.78, 5) is 42.8. The molecule has 2 heterocycles. The SMILES string of the molecule is CN[C@@H](C)C(=O)NC(C(=O)N1CCC2CCN(CCc3ccccc3)C(=O)C21)C(C)C. The zero-order valence-corrected chi connectivity index (χ0v) is 19.1. The number of carbonyl (C=O) groups excluding carboxylic acids is 3. The van der Waals surface area contributed by atoms with E-state index >= 15 is 0 Å². The molecule has 1 aromatic rings. The number of fused-ring (bicyclic) bond motifs is 1. The van der Waals surface area contributed by atoms with Crippen molar-refractivity contribution in [1.82, 2.24) is 20.4 Å². The van der Waals surface area contributed by atoms with Crippen molar-refractivity contribution in [2.24, 2.45) is 11.8 Å². The van der Waals surface area contributed by atoms with Crippen molar-refractivity contribution >= 4 is 17.7 Å². The maximum absolute atomic E-state index is 13.4. The van der Waals surface area contributed by atoms with Gasteiger partial charge in [-0.1, -0.05) is 44.2 Å². The Hall–Kier alpha value is -2.41. The van der Waals surface area contributed by atoms with Crippen molar-refractivity contribution in [2.75, 3.05) is 26.7 Å². The van der Waals surface area contributed by atoms with Crippen molar-refractivity contribution in [3.8, 4) is 0 Å². The number of nitrogens with one attached hydrogen (secondary N) is 2. The van der Waals surface area contributed by atoms with Gasteiger partial charge in [-0.05, 0) is 50.6 Å². The van der Waals surface area contributed by atoms with Gasteiger partial charge < -0.3 is 20.4 Å². The largest absolute Gasteiger partial charge is 0.343 e. The first kappa shape index (κ1) is 23.3. The number of nitrogens with zero attached hydrogens (tertiary/aromatic N) is 2. The van der Waals surface area contributed by atoms with E-state index in [0.717, 1.165) is 25.8 Å². The molecule has 3 amide bonds. The molecule has 2 aliphatic heterocycles. The lowest BCUT2D eigenvalue weighted by Gasteiger charge is -2.39. The van der Waals surface area contributed by atoms with Crippen LogP contribution in [-0.2, 0) is 20.8 Å². The molecule has 170 valence electrons. The van der Waals surface area contributed by atoms with Crippen LogP contribution in [0.4, 0.5) is 0 Å². The number of piperidine rings is 1. The Balaban J connectivity index is 1.69. The van der Waals surface area contributed by atoms with Gasteiger partial charge in [0.1, 0.15) is 12.1 Å². The molecule has 7 nitrogen and oxygen atoms in total. The van der Waals surface area contributed by atoms with E-state index in [4.69, 9.17) is 0 Å². The van der Waals surface area contributed by atoms with Crippen molar-refractivity contribution in [3.05, 3.63) is 35.9 Å². The van der Waals surface area contributed by atoms with Gasteiger partial charge in [0.2, 0.25) is 17.7 Å². The Morgan fingerprint density at radius 3 is 2.42 bits per heavy atom. The number of hydrogen-bond donors (Lipinski definition) is 2. The molecular weight excluding hydrogens is 392 g/mol. The minimum atomic E-state index is -0.630. The number of benzene rings is 1. The standard InChI is InChI=1S/C24H36N4O3/c1-16(2)20(26-22(29)17(3)25-4)23(30)28-15-12-19-11-14-27(24(31)21(19)28)13-10-18-8-6-5-7-9-18/h5-9,16-17,19-21,25H,10-15H2,1-4H3,(H,26,29)/t17-,19?,20?,21?/m0/s1. The summed E-state index contributed by atoms with van der Waals surface area (Å²) >= 11 is 0. The molecule has 2 fully saturated rings. The van der Waals surface area contributed by atoms with Crippen LogP contribution in [0, 0.1) is 11.8 Å². The van der Waals surface area contributed by atoms with Crippen LogP contribution >= 0.6 is 0 Å². The molecule has 0 bridgehead atoms. The molecule has 0 aliphatic carbocycles. The van der Waals surface area contributed by atoms with Crippen LogP contribution in [0.5, 0.6) is 0 Å². The Morgan fingerprint density at radius 2 is 1.77 bits per heavy atom. The summed E-state index contributed by atoms with van der Waals surface area (Å²) < 4.78 is 0. The zero-order chi connectivity index (χ0) is 22.5. The highest BCUT2D eigenvalue weighted by Crippen LogP contribution is 2.33. The smallest absolute Gasteiger partial charge is 0.246 e. The quantitative estimate of drug-likeness (QED) is 0.656. The van der Waals surface area contributed by atoms with E-state index in [0.29, 0.717) is 13.1 Å². The van der Waals surface area contributed by atoms with Crippen LogP contribution < -0.4 is 10.6 Å². The predicted octanol–water partition coefficient (Wildman–Crippen LogP) is 1.43. The van der Waals surface area contributed by atoms with Crippen LogP contribution in [0.15, 0.2) is 30.3 Å². The van der Waals surface area contributed by atoms with E-state index in [9.17, 15) is 14.4 Å². The Morgan fingerprint density at radius 1 is 1.10 bits per heavy atom. The number of carbonyl (C=O) groups is 3. The highest BCUT2D eigenvalue weighted by Gasteiger charge is 2.47. The van der Waals surface area contributed by atoms with Crippen molar-refractivity contribution in [3.63, 3.8) is 0 Å². The lowest BCUT2D eigenvalue weighted by molar-refractivity contribution is -0.149. The van der Waals surface area contributed by atoms with Gasteiger partial charge >= 0.3 is 0 Å². The van der Waals surface area contributed by atoms with Crippen LogP contribution in [0.25, 0.3) is 0 Å². The van der Waals surface area contributed by atoms with Gasteiger partial charge in [0.05, 0.1) is 6.04 Å². The average molecular weight is 429 g/mol. The third-order valence-electron chi connectivity index (χ3n) is 6.71. The maximum Gasteiger partial charge on any atom is 0.246 e. The van der Waals surface area contributed by atoms with Crippen LogP contribution in [0.3, 0.4) is 0 Å². The predicted molar refractivity (Wildman–Crippen MR) is 120 cm³/mol. The fourth-order valence-electron chi connectivity index (χ4n) is 4.59. The fourth-order valence-corrected chi connectivity index (χ4v) is 4.59. The second-order valence-electron chi connectivity index (χ2n) is 9.12. The van der Waals surface area contributed by atoms with E-state index in [-0.39, 0.29) is 35.6 Å². The molecule has 0 radical (unpaired) electrons. The lowest BCUT2D eigenvalue weighted by Crippen LogP contribution is -2.59. The van der Waals surface area contributed by atoms with Crippen LogP contribution in [0.2, 0.25) is 0 Å². The topological polar surface area (TPSA) is 81.8 Å². The van der Waals surface area contributed by atoms with E-state index in [1.54, 1.807) is 18.9 Å². The Labute approximate surface area is 185 Å². The summed E-state index contributed by atoms with van der Waals surface area (Å²) in [6.45, 7) is 7.60. The van der Waals surface area contributed by atoms with E-state index < -0.39 is 12.1 Å². The zero-order valence-electron chi connectivity index (χ0n) is 19.1. The van der Waals surface area contributed by atoms with Gasteiger partial charge in [-0.2, -0.15) is 0 Å². The molecule has 3 rings (SSSR count). The number of rotatable bonds is 8. The van der Waals surface area contributed by atoms with Crippen molar-refractivity contribution < 1.29 is 14.4 Å². The molecule has 2 N–H and O–H groups in total. The van der Waals surface area contributed by atoms with Crippen LogP contribution in [0.1, 0.15) is 39.2 Å². The molecule has 2 aliphatic rings. The first-order valence-electron chi connectivity index (χ1n) is 11.4. The molecule has 4 atom stereocenters. The number of likely N-dealkylation sites (tertiary alicyclic amines) is 2. The average Bonchev–Trinajstić information content (AvgIpc) is 3.21. The summed E-state index contributed by atoms with van der Waals surface area (Å²) in [5.74, 6) is -0.144. The minimum Gasteiger partial charge on any atom is -0.343 e. The summed E-state index contributed by atoms with van der Waals surface area (Å²) in [5.41, 5.74) is 1.21. The van der Waals surface area contributed by atoms with Gasteiger partial charge in [0.15, 0.2) is 0 Å². The Kier molecular flexibility index (Phi) is 7.70. The second-order valence-corrected chi connectivity index (χ2v) is 9.12. The molecule has 3 unspecified atom stereocenters. The van der Waals surface area contributed by atoms with Crippen molar-refractivity contribution in [2.45, 2.75) is 58.2 Å². The minimum absolute atomic E-state index is 0.0513. The van der Waals surface area contributed by atoms with Gasteiger partial charge in [-0.15, -0.1) is 0 Å². The van der Waals surface area contributed by atoms with Gasteiger partial charge in [-0.3, -0.25) is 14.4 Å². The number of amides is 3.